The van der Waals surface area contributed by atoms with Crippen molar-refractivity contribution in [3.8, 4) is 11.8 Å². The summed E-state index contributed by atoms with van der Waals surface area (Å²) >= 11 is 1.19. The van der Waals surface area contributed by atoms with Crippen LogP contribution in [0.25, 0.3) is 0 Å². The van der Waals surface area contributed by atoms with Crippen LogP contribution in [0.4, 0.5) is 0 Å². The zero-order valence-corrected chi connectivity index (χ0v) is 10.2. The first kappa shape index (κ1) is 11.7. The Balaban J connectivity index is 2.17. The molecule has 0 aliphatic carbocycles. The largest absolute Gasteiger partial charge is 0.348 e. The van der Waals surface area contributed by atoms with E-state index in [1.54, 1.807) is 6.07 Å². The van der Waals surface area contributed by atoms with E-state index in [-0.39, 0.29) is 11.0 Å². The minimum atomic E-state index is -0.0400. The highest BCUT2D eigenvalue weighted by Gasteiger charge is 2.20. The fourth-order valence-corrected chi connectivity index (χ4v) is 1.99. The lowest BCUT2D eigenvalue weighted by Crippen LogP contribution is -2.12. The number of thioether (sulfide) groups is 1. The molecule has 1 amide bonds. The molecule has 1 aromatic rings. The normalized spacial score (nSPS) is 12.4. The van der Waals surface area contributed by atoms with E-state index in [0.29, 0.717) is 17.9 Å². The zero-order chi connectivity index (χ0) is 12.3. The minimum Gasteiger partial charge on any atom is -0.348 e. The average molecular weight is 245 g/mol. The number of benzene rings is 1. The van der Waals surface area contributed by atoms with Gasteiger partial charge in [-0.05, 0) is 17.7 Å². The maximum absolute atomic E-state index is 11.4. The van der Waals surface area contributed by atoms with Gasteiger partial charge in [0.2, 0.25) is 0 Å². The Hall–Kier alpha value is -1.73. The lowest BCUT2D eigenvalue weighted by atomic mass is 10.0. The molecule has 1 heterocycles. The zero-order valence-electron chi connectivity index (χ0n) is 9.37. The summed E-state index contributed by atoms with van der Waals surface area (Å²) in [5.41, 5.74) is 2.53. The van der Waals surface area contributed by atoms with Gasteiger partial charge in [0.1, 0.15) is 0 Å². The fraction of sp³-hybridized carbons (Fsp3) is 0.231. The molecule has 0 saturated heterocycles. The van der Waals surface area contributed by atoms with Gasteiger partial charge in [0.15, 0.2) is 5.12 Å². The van der Waals surface area contributed by atoms with Gasteiger partial charge in [-0.3, -0.25) is 9.59 Å². The molecule has 2 rings (SSSR count). The molecular weight excluding hydrogens is 234 g/mol. The Morgan fingerprint density at radius 2 is 2.35 bits per heavy atom. The van der Waals surface area contributed by atoms with Gasteiger partial charge in [-0.25, -0.2) is 0 Å². The van der Waals surface area contributed by atoms with E-state index in [9.17, 15) is 9.59 Å². The second-order valence-corrected chi connectivity index (χ2v) is 4.75. The molecule has 1 aliphatic rings. The Bertz CT molecular complexity index is 540. The van der Waals surface area contributed by atoms with Crippen LogP contribution in [-0.4, -0.2) is 16.8 Å². The molecular formula is C13H11NO2S. The van der Waals surface area contributed by atoms with E-state index in [1.165, 1.54) is 18.7 Å². The number of hydrogen-bond donors (Lipinski definition) is 1. The quantitative estimate of drug-likeness (QED) is 0.764. The van der Waals surface area contributed by atoms with Gasteiger partial charge >= 0.3 is 0 Å². The summed E-state index contributed by atoms with van der Waals surface area (Å²) in [4.78, 5) is 22.2. The first-order valence-electron chi connectivity index (χ1n) is 5.21. The van der Waals surface area contributed by atoms with Crippen molar-refractivity contribution in [3.05, 3.63) is 34.9 Å². The molecule has 0 aromatic heterocycles. The Labute approximate surface area is 104 Å². The highest BCUT2D eigenvalue weighted by atomic mass is 32.2. The van der Waals surface area contributed by atoms with Crippen molar-refractivity contribution in [2.24, 2.45) is 0 Å². The highest BCUT2D eigenvalue weighted by molar-refractivity contribution is 8.13. The summed E-state index contributed by atoms with van der Waals surface area (Å²) in [6, 6.07) is 5.52. The van der Waals surface area contributed by atoms with Crippen LogP contribution in [0.5, 0.6) is 0 Å². The summed E-state index contributed by atoms with van der Waals surface area (Å²) in [6.07, 6.45) is 0. The van der Waals surface area contributed by atoms with E-state index in [4.69, 9.17) is 0 Å². The van der Waals surface area contributed by atoms with E-state index in [2.05, 4.69) is 17.2 Å². The molecule has 1 aromatic carbocycles. The van der Waals surface area contributed by atoms with E-state index < -0.39 is 0 Å². The molecule has 0 atom stereocenters. The van der Waals surface area contributed by atoms with E-state index in [1.807, 2.05) is 12.1 Å². The number of hydrogen-bond acceptors (Lipinski definition) is 3. The predicted octanol–water partition coefficient (Wildman–Crippen LogP) is 1.56. The number of carbonyl (C=O) groups is 2. The predicted molar refractivity (Wildman–Crippen MR) is 67.6 cm³/mol. The van der Waals surface area contributed by atoms with Gasteiger partial charge in [0.25, 0.3) is 5.91 Å². The Kier molecular flexibility index (Phi) is 3.50. The second-order valence-electron chi connectivity index (χ2n) is 3.60. The minimum absolute atomic E-state index is 0.0400. The number of fused-ring (bicyclic) bond motifs is 1. The van der Waals surface area contributed by atoms with Crippen molar-refractivity contribution >= 4 is 22.8 Å². The van der Waals surface area contributed by atoms with Crippen molar-refractivity contribution in [1.82, 2.24) is 5.32 Å². The smallest absolute Gasteiger partial charge is 0.251 e. The van der Waals surface area contributed by atoms with Crippen LogP contribution in [0.2, 0.25) is 0 Å². The maximum atomic E-state index is 11.4. The number of amides is 1. The third-order valence-corrected chi connectivity index (χ3v) is 3.11. The first-order chi connectivity index (χ1) is 8.18. The summed E-state index contributed by atoms with van der Waals surface area (Å²) < 4.78 is 0. The van der Waals surface area contributed by atoms with E-state index >= 15 is 0 Å². The molecule has 0 radical (unpaired) electrons. The Morgan fingerprint density at radius 3 is 3.12 bits per heavy atom. The molecule has 17 heavy (non-hydrogen) atoms. The highest BCUT2D eigenvalue weighted by Crippen LogP contribution is 2.18. The molecule has 1 aliphatic heterocycles. The topological polar surface area (TPSA) is 46.2 Å². The fourth-order valence-electron chi connectivity index (χ4n) is 1.64. The second kappa shape index (κ2) is 5.07. The van der Waals surface area contributed by atoms with Crippen LogP contribution in [0.1, 0.15) is 28.4 Å². The number of carbonyl (C=O) groups excluding carboxylic acids is 2. The lowest BCUT2D eigenvalue weighted by molar-refractivity contribution is -0.109. The number of nitrogens with one attached hydrogen (secondary N) is 1. The summed E-state index contributed by atoms with van der Waals surface area (Å²) in [5, 5.41) is 2.83. The van der Waals surface area contributed by atoms with Crippen molar-refractivity contribution in [2.45, 2.75) is 13.5 Å². The van der Waals surface area contributed by atoms with Gasteiger partial charge in [-0.1, -0.05) is 29.7 Å². The molecule has 1 N–H and O–H groups in total. The molecule has 0 unspecified atom stereocenters. The van der Waals surface area contributed by atoms with Crippen LogP contribution in [-0.2, 0) is 11.3 Å². The van der Waals surface area contributed by atoms with Gasteiger partial charge in [0, 0.05) is 24.6 Å². The molecule has 0 saturated carbocycles. The third-order valence-electron chi connectivity index (χ3n) is 2.42. The van der Waals surface area contributed by atoms with Crippen molar-refractivity contribution in [1.29, 1.82) is 0 Å². The average Bonchev–Trinajstić information content (AvgIpc) is 2.67. The summed E-state index contributed by atoms with van der Waals surface area (Å²) in [7, 11) is 0. The summed E-state index contributed by atoms with van der Waals surface area (Å²) in [5.74, 6) is 6.38. The summed E-state index contributed by atoms with van der Waals surface area (Å²) in [6.45, 7) is 2.06. The molecule has 3 nitrogen and oxygen atoms in total. The van der Waals surface area contributed by atoms with Gasteiger partial charge in [0.05, 0.1) is 5.75 Å². The van der Waals surface area contributed by atoms with Crippen LogP contribution >= 0.6 is 11.8 Å². The van der Waals surface area contributed by atoms with Gasteiger partial charge in [-0.2, -0.15) is 0 Å². The van der Waals surface area contributed by atoms with Crippen LogP contribution in [0, 0.1) is 11.8 Å². The van der Waals surface area contributed by atoms with Crippen LogP contribution < -0.4 is 5.32 Å². The van der Waals surface area contributed by atoms with Gasteiger partial charge in [-0.15, -0.1) is 0 Å². The van der Waals surface area contributed by atoms with Crippen molar-refractivity contribution < 1.29 is 9.59 Å². The maximum Gasteiger partial charge on any atom is 0.251 e. The molecule has 4 heteroatoms. The lowest BCUT2D eigenvalue weighted by Gasteiger charge is -1.98. The SMILES string of the molecule is CC(=O)SCC#Cc1cccc2c1CNC2=O. The monoisotopic (exact) mass is 245 g/mol. The van der Waals surface area contributed by atoms with Crippen LogP contribution in [0.3, 0.4) is 0 Å². The first-order valence-corrected chi connectivity index (χ1v) is 6.19. The van der Waals surface area contributed by atoms with E-state index in [0.717, 1.165) is 11.1 Å². The standard InChI is InChI=1S/C13H11NO2S/c1-9(15)17-7-3-5-10-4-2-6-11-12(10)8-14-13(11)16/h2,4,6H,7-8H2,1H3,(H,14,16). The molecule has 0 spiro atoms. The number of rotatable bonds is 1. The molecule has 0 fully saturated rings. The van der Waals surface area contributed by atoms with Crippen molar-refractivity contribution in [2.75, 3.05) is 5.75 Å². The van der Waals surface area contributed by atoms with Gasteiger partial charge < -0.3 is 5.32 Å². The van der Waals surface area contributed by atoms with Crippen molar-refractivity contribution in [3.63, 3.8) is 0 Å². The van der Waals surface area contributed by atoms with Crippen LogP contribution in [0.15, 0.2) is 18.2 Å². The molecule has 0 bridgehead atoms. The Morgan fingerprint density at radius 1 is 1.53 bits per heavy atom. The molecule has 86 valence electrons. The third kappa shape index (κ3) is 2.69.